The van der Waals surface area contributed by atoms with Crippen LogP contribution >= 0.6 is 0 Å². The van der Waals surface area contributed by atoms with Crippen LogP contribution in [-0.2, 0) is 0 Å². The summed E-state index contributed by atoms with van der Waals surface area (Å²) in [6.07, 6.45) is 4.28. The lowest BCUT2D eigenvalue weighted by Crippen LogP contribution is -1.86. The van der Waals surface area contributed by atoms with Gasteiger partial charge in [0.2, 0.25) is 0 Å². The van der Waals surface area contributed by atoms with Gasteiger partial charge >= 0.3 is 0 Å². The van der Waals surface area contributed by atoms with Crippen LogP contribution in [-0.4, -0.2) is 0 Å². The second-order valence-electron chi connectivity index (χ2n) is 2.75. The topological polar surface area (TPSA) is 0 Å². The summed E-state index contributed by atoms with van der Waals surface area (Å²) in [5.74, 6) is 0.968. The maximum Gasteiger partial charge on any atom is -0.0100 e. The van der Waals surface area contributed by atoms with Crippen LogP contribution in [0.4, 0.5) is 0 Å². The lowest BCUT2D eigenvalue weighted by molar-refractivity contribution is 0.642. The molecule has 0 amide bonds. The molecule has 0 bridgehead atoms. The highest BCUT2D eigenvalue weighted by molar-refractivity contribution is 5.40. The summed E-state index contributed by atoms with van der Waals surface area (Å²) in [5.41, 5.74) is 3.58. The molecule has 0 aromatic carbocycles. The van der Waals surface area contributed by atoms with Gasteiger partial charge in [0.25, 0.3) is 0 Å². The lowest BCUT2D eigenvalue weighted by Gasteiger charge is -1.99. The molecule has 38 valence electrons. The fourth-order valence-corrected chi connectivity index (χ4v) is 1.52. The second kappa shape index (κ2) is 0.936. The van der Waals surface area contributed by atoms with Gasteiger partial charge < -0.3 is 0 Å². The molecule has 0 heterocycles. The molecule has 0 heteroatoms. The minimum absolute atomic E-state index is 0.968. The Hall–Kier alpha value is -0.260. The highest BCUT2D eigenvalue weighted by Gasteiger charge is 2.31. The SMILES string of the molecule is CC1CCC2=C1C2. The van der Waals surface area contributed by atoms with Crippen LogP contribution < -0.4 is 0 Å². The van der Waals surface area contributed by atoms with Gasteiger partial charge in [-0.05, 0) is 25.2 Å². The van der Waals surface area contributed by atoms with Gasteiger partial charge in [-0.15, -0.1) is 0 Å². The van der Waals surface area contributed by atoms with Gasteiger partial charge in [-0.25, -0.2) is 0 Å². The van der Waals surface area contributed by atoms with E-state index in [2.05, 4.69) is 6.92 Å². The Kier molecular flexibility index (Phi) is 0.495. The van der Waals surface area contributed by atoms with Crippen molar-refractivity contribution in [1.82, 2.24) is 0 Å². The van der Waals surface area contributed by atoms with E-state index in [0.717, 1.165) is 5.92 Å². The van der Waals surface area contributed by atoms with E-state index >= 15 is 0 Å². The van der Waals surface area contributed by atoms with Crippen molar-refractivity contribution in [3.8, 4) is 0 Å². The Morgan fingerprint density at radius 1 is 1.57 bits per heavy atom. The van der Waals surface area contributed by atoms with E-state index in [9.17, 15) is 0 Å². The molecular formula is C7H10. The highest BCUT2D eigenvalue weighted by atomic mass is 14.4. The standard InChI is InChI=1S/C7H10/c1-5-2-3-6-4-7(5)6/h5H,2-4H2,1H3. The lowest BCUT2D eigenvalue weighted by atomic mass is 10.1. The fraction of sp³-hybridized carbons (Fsp3) is 0.714. The summed E-state index contributed by atoms with van der Waals surface area (Å²) in [6.45, 7) is 2.34. The Morgan fingerprint density at radius 3 is 2.57 bits per heavy atom. The molecule has 2 rings (SSSR count). The van der Waals surface area contributed by atoms with Crippen molar-refractivity contribution in [2.75, 3.05) is 0 Å². The second-order valence-corrected chi connectivity index (χ2v) is 2.75. The molecule has 0 radical (unpaired) electrons. The molecule has 0 N–H and O–H groups in total. The summed E-state index contributed by atoms with van der Waals surface area (Å²) in [4.78, 5) is 0. The van der Waals surface area contributed by atoms with Crippen molar-refractivity contribution in [3.05, 3.63) is 11.1 Å². The van der Waals surface area contributed by atoms with Gasteiger partial charge in [-0.1, -0.05) is 18.1 Å². The van der Waals surface area contributed by atoms with Crippen molar-refractivity contribution in [3.63, 3.8) is 0 Å². The first kappa shape index (κ1) is 3.71. The molecule has 0 fully saturated rings. The maximum absolute atomic E-state index is 2.34. The van der Waals surface area contributed by atoms with E-state index in [1.54, 1.807) is 11.1 Å². The molecule has 0 saturated carbocycles. The van der Waals surface area contributed by atoms with Crippen LogP contribution in [0.1, 0.15) is 26.2 Å². The average Bonchev–Trinajstić information content (AvgIpc) is 2.33. The predicted octanol–water partition coefficient (Wildman–Crippen LogP) is 2.12. The zero-order valence-electron chi connectivity index (χ0n) is 4.70. The van der Waals surface area contributed by atoms with Crippen molar-refractivity contribution >= 4 is 0 Å². The minimum atomic E-state index is 0.968. The van der Waals surface area contributed by atoms with Gasteiger partial charge in [-0.2, -0.15) is 0 Å². The van der Waals surface area contributed by atoms with E-state index in [1.807, 2.05) is 0 Å². The third-order valence-electron chi connectivity index (χ3n) is 2.21. The summed E-state index contributed by atoms with van der Waals surface area (Å²) in [7, 11) is 0. The number of hydrogen-bond donors (Lipinski definition) is 0. The van der Waals surface area contributed by atoms with Gasteiger partial charge in [-0.3, -0.25) is 0 Å². The molecule has 2 aliphatic rings. The molecule has 2 aliphatic carbocycles. The Morgan fingerprint density at radius 2 is 2.43 bits per heavy atom. The van der Waals surface area contributed by atoms with Crippen LogP contribution in [0.15, 0.2) is 11.1 Å². The van der Waals surface area contributed by atoms with E-state index in [0.29, 0.717) is 0 Å². The monoisotopic (exact) mass is 94.1 g/mol. The molecule has 7 heavy (non-hydrogen) atoms. The zero-order chi connectivity index (χ0) is 4.85. The number of allylic oxidation sites excluding steroid dienone is 2. The normalized spacial score (nSPS) is 36.4. The van der Waals surface area contributed by atoms with E-state index in [-0.39, 0.29) is 0 Å². The molecule has 0 spiro atoms. The third kappa shape index (κ3) is 0.370. The summed E-state index contributed by atoms with van der Waals surface area (Å²) in [5, 5.41) is 0. The third-order valence-corrected chi connectivity index (χ3v) is 2.21. The molecule has 1 atom stereocenters. The molecule has 0 aromatic rings. The van der Waals surface area contributed by atoms with Crippen molar-refractivity contribution < 1.29 is 0 Å². The van der Waals surface area contributed by atoms with E-state index in [4.69, 9.17) is 0 Å². The van der Waals surface area contributed by atoms with Gasteiger partial charge in [0.15, 0.2) is 0 Å². The van der Waals surface area contributed by atoms with Crippen LogP contribution in [0.2, 0.25) is 0 Å². The van der Waals surface area contributed by atoms with Crippen LogP contribution in [0.25, 0.3) is 0 Å². The first-order valence-corrected chi connectivity index (χ1v) is 3.08. The maximum atomic E-state index is 2.34. The van der Waals surface area contributed by atoms with Gasteiger partial charge in [0.1, 0.15) is 0 Å². The predicted molar refractivity (Wildman–Crippen MR) is 30.0 cm³/mol. The first-order valence-electron chi connectivity index (χ1n) is 3.08. The van der Waals surface area contributed by atoms with Crippen molar-refractivity contribution in [1.29, 1.82) is 0 Å². The number of hydrogen-bond acceptors (Lipinski definition) is 0. The quantitative estimate of drug-likeness (QED) is 0.403. The Labute approximate surface area is 44.2 Å². The summed E-state index contributed by atoms with van der Waals surface area (Å²) < 4.78 is 0. The molecule has 0 saturated heterocycles. The molecule has 1 unspecified atom stereocenters. The zero-order valence-corrected chi connectivity index (χ0v) is 4.70. The van der Waals surface area contributed by atoms with Crippen molar-refractivity contribution in [2.45, 2.75) is 26.2 Å². The minimum Gasteiger partial charge on any atom is -0.0663 e. The van der Waals surface area contributed by atoms with E-state index in [1.165, 1.54) is 19.3 Å². The smallest absolute Gasteiger partial charge is 0.0100 e. The van der Waals surface area contributed by atoms with E-state index < -0.39 is 0 Å². The summed E-state index contributed by atoms with van der Waals surface area (Å²) >= 11 is 0. The Bertz CT molecular complexity index is 131. The molecule has 0 nitrogen and oxygen atoms in total. The first-order chi connectivity index (χ1) is 3.38. The Balaban J connectivity index is 2.24. The van der Waals surface area contributed by atoms with Crippen LogP contribution in [0, 0.1) is 5.92 Å². The van der Waals surface area contributed by atoms with Crippen molar-refractivity contribution in [2.24, 2.45) is 5.92 Å². The van der Waals surface area contributed by atoms with Crippen LogP contribution in [0.3, 0.4) is 0 Å². The number of rotatable bonds is 0. The highest BCUT2D eigenvalue weighted by Crippen LogP contribution is 2.48. The summed E-state index contributed by atoms with van der Waals surface area (Å²) in [6, 6.07) is 0. The van der Waals surface area contributed by atoms with Gasteiger partial charge in [0, 0.05) is 0 Å². The molecular weight excluding hydrogens is 84.1 g/mol. The van der Waals surface area contributed by atoms with Crippen LogP contribution in [0.5, 0.6) is 0 Å². The molecule has 0 aliphatic heterocycles. The fourth-order valence-electron chi connectivity index (χ4n) is 1.52. The van der Waals surface area contributed by atoms with Gasteiger partial charge in [0.05, 0.1) is 0 Å². The molecule has 0 aromatic heterocycles. The largest absolute Gasteiger partial charge is 0.0663 e. The average molecular weight is 94.2 g/mol.